The summed E-state index contributed by atoms with van der Waals surface area (Å²) in [6.45, 7) is 11.2. The van der Waals surface area contributed by atoms with Crippen molar-refractivity contribution in [3.8, 4) is 0 Å². The van der Waals surface area contributed by atoms with Gasteiger partial charge in [-0.25, -0.2) is 0 Å². The fourth-order valence-corrected chi connectivity index (χ4v) is 3.29. The monoisotopic (exact) mass is 289 g/mol. The van der Waals surface area contributed by atoms with Crippen molar-refractivity contribution in [3.05, 3.63) is 35.4 Å². The summed E-state index contributed by atoms with van der Waals surface area (Å²) in [7, 11) is 4.40. The molecule has 2 unspecified atom stereocenters. The highest BCUT2D eigenvalue weighted by Crippen LogP contribution is 2.23. The van der Waals surface area contributed by atoms with Gasteiger partial charge in [-0.1, -0.05) is 45.0 Å². The Morgan fingerprint density at radius 2 is 1.86 bits per heavy atom. The van der Waals surface area contributed by atoms with Gasteiger partial charge in [0.1, 0.15) is 0 Å². The SMILES string of the molecule is CC(C)NCc1ccccc1CN1CC(C)C(N(C)C)C1. The highest BCUT2D eigenvalue weighted by atomic mass is 15.2. The van der Waals surface area contributed by atoms with Crippen LogP contribution >= 0.6 is 0 Å². The Labute approximate surface area is 130 Å². The van der Waals surface area contributed by atoms with Crippen LogP contribution in [-0.4, -0.2) is 49.1 Å². The molecule has 0 aliphatic carbocycles. The van der Waals surface area contributed by atoms with Crippen LogP contribution in [-0.2, 0) is 13.1 Å². The fourth-order valence-electron chi connectivity index (χ4n) is 3.29. The topological polar surface area (TPSA) is 18.5 Å². The van der Waals surface area contributed by atoms with Crippen molar-refractivity contribution in [2.24, 2.45) is 5.92 Å². The summed E-state index contributed by atoms with van der Waals surface area (Å²) in [5.41, 5.74) is 2.91. The minimum atomic E-state index is 0.531. The van der Waals surface area contributed by atoms with Gasteiger partial charge in [0.15, 0.2) is 0 Å². The molecule has 2 rings (SSSR count). The lowest BCUT2D eigenvalue weighted by Crippen LogP contribution is -2.34. The Hall–Kier alpha value is -0.900. The summed E-state index contributed by atoms with van der Waals surface area (Å²) in [4.78, 5) is 4.97. The summed E-state index contributed by atoms with van der Waals surface area (Å²) in [6.07, 6.45) is 0. The van der Waals surface area contributed by atoms with Crippen LogP contribution in [0, 0.1) is 5.92 Å². The van der Waals surface area contributed by atoms with Gasteiger partial charge >= 0.3 is 0 Å². The van der Waals surface area contributed by atoms with Gasteiger partial charge < -0.3 is 10.2 Å². The number of benzene rings is 1. The van der Waals surface area contributed by atoms with E-state index in [0.29, 0.717) is 12.1 Å². The van der Waals surface area contributed by atoms with Gasteiger partial charge in [0.2, 0.25) is 0 Å². The van der Waals surface area contributed by atoms with E-state index < -0.39 is 0 Å². The maximum atomic E-state index is 3.54. The van der Waals surface area contributed by atoms with E-state index in [4.69, 9.17) is 0 Å². The van der Waals surface area contributed by atoms with Crippen LogP contribution in [0.15, 0.2) is 24.3 Å². The quantitative estimate of drug-likeness (QED) is 0.868. The lowest BCUT2D eigenvalue weighted by atomic mass is 10.1. The molecule has 1 heterocycles. The van der Waals surface area contributed by atoms with Gasteiger partial charge in [0.05, 0.1) is 0 Å². The largest absolute Gasteiger partial charge is 0.310 e. The molecule has 3 nitrogen and oxygen atoms in total. The van der Waals surface area contributed by atoms with Gasteiger partial charge in [-0.05, 0) is 31.1 Å². The third-order valence-corrected chi connectivity index (χ3v) is 4.52. The Morgan fingerprint density at radius 1 is 1.19 bits per heavy atom. The molecule has 1 aliphatic heterocycles. The van der Waals surface area contributed by atoms with Crippen molar-refractivity contribution >= 4 is 0 Å². The molecule has 1 saturated heterocycles. The highest BCUT2D eigenvalue weighted by molar-refractivity contribution is 5.27. The number of nitrogens with zero attached hydrogens (tertiary/aromatic N) is 2. The van der Waals surface area contributed by atoms with Crippen LogP contribution in [0.2, 0.25) is 0 Å². The molecular weight excluding hydrogens is 258 g/mol. The first-order valence-electron chi connectivity index (χ1n) is 8.16. The lowest BCUT2D eigenvalue weighted by Gasteiger charge is -2.23. The number of nitrogens with one attached hydrogen (secondary N) is 1. The number of hydrogen-bond acceptors (Lipinski definition) is 3. The Morgan fingerprint density at radius 3 is 2.43 bits per heavy atom. The van der Waals surface area contributed by atoms with E-state index in [1.165, 1.54) is 24.2 Å². The third-order valence-electron chi connectivity index (χ3n) is 4.52. The average Bonchev–Trinajstić information content (AvgIpc) is 2.78. The molecule has 0 amide bonds. The van der Waals surface area contributed by atoms with Crippen molar-refractivity contribution in [1.82, 2.24) is 15.1 Å². The molecule has 1 aromatic rings. The third kappa shape index (κ3) is 4.53. The zero-order valence-electron chi connectivity index (χ0n) is 14.3. The van der Waals surface area contributed by atoms with E-state index in [1.807, 2.05) is 0 Å². The first kappa shape index (κ1) is 16.5. The maximum absolute atomic E-state index is 3.54. The smallest absolute Gasteiger partial charge is 0.0254 e. The molecule has 3 heteroatoms. The maximum Gasteiger partial charge on any atom is 0.0254 e. The number of rotatable bonds is 6. The van der Waals surface area contributed by atoms with Gasteiger partial charge in [0, 0.05) is 38.3 Å². The second-order valence-electron chi connectivity index (χ2n) is 7.01. The molecule has 1 aromatic carbocycles. The molecule has 2 atom stereocenters. The molecule has 1 aliphatic rings. The van der Waals surface area contributed by atoms with Gasteiger partial charge in [-0.2, -0.15) is 0 Å². The van der Waals surface area contributed by atoms with Crippen molar-refractivity contribution in [2.45, 2.75) is 45.9 Å². The summed E-state index contributed by atoms with van der Waals surface area (Å²) in [5.74, 6) is 0.751. The van der Waals surface area contributed by atoms with Crippen LogP contribution in [0.4, 0.5) is 0 Å². The molecule has 0 bridgehead atoms. The predicted octanol–water partition coefficient (Wildman–Crippen LogP) is 2.57. The van der Waals surface area contributed by atoms with E-state index in [2.05, 4.69) is 74.2 Å². The molecule has 0 aromatic heterocycles. The van der Waals surface area contributed by atoms with E-state index in [9.17, 15) is 0 Å². The molecular formula is C18H31N3. The van der Waals surface area contributed by atoms with Gasteiger partial charge in [-0.15, -0.1) is 0 Å². The van der Waals surface area contributed by atoms with E-state index in [0.717, 1.165) is 19.0 Å². The predicted molar refractivity (Wildman–Crippen MR) is 90.3 cm³/mol. The minimum absolute atomic E-state index is 0.531. The van der Waals surface area contributed by atoms with Gasteiger partial charge in [-0.3, -0.25) is 4.90 Å². The molecule has 0 spiro atoms. The molecule has 0 radical (unpaired) electrons. The highest BCUT2D eigenvalue weighted by Gasteiger charge is 2.30. The summed E-state index contributed by atoms with van der Waals surface area (Å²) >= 11 is 0. The second kappa shape index (κ2) is 7.39. The fraction of sp³-hybridized carbons (Fsp3) is 0.667. The number of hydrogen-bond donors (Lipinski definition) is 1. The van der Waals surface area contributed by atoms with Crippen molar-refractivity contribution in [3.63, 3.8) is 0 Å². The Balaban J connectivity index is 2.00. The zero-order valence-corrected chi connectivity index (χ0v) is 14.3. The first-order valence-corrected chi connectivity index (χ1v) is 8.16. The van der Waals surface area contributed by atoms with Crippen LogP contribution in [0.1, 0.15) is 31.9 Å². The number of likely N-dealkylation sites (tertiary alicyclic amines) is 1. The molecule has 118 valence electrons. The Bertz CT molecular complexity index is 442. The standard InChI is InChI=1S/C18H31N3/c1-14(2)19-10-16-8-6-7-9-17(16)12-21-11-15(3)18(13-21)20(4)5/h6-9,14-15,18-19H,10-13H2,1-5H3. The van der Waals surface area contributed by atoms with E-state index in [1.54, 1.807) is 0 Å². The molecule has 1 N–H and O–H groups in total. The van der Waals surface area contributed by atoms with E-state index >= 15 is 0 Å². The molecule has 1 fully saturated rings. The van der Waals surface area contributed by atoms with Crippen molar-refractivity contribution in [2.75, 3.05) is 27.2 Å². The minimum Gasteiger partial charge on any atom is -0.310 e. The molecule has 21 heavy (non-hydrogen) atoms. The summed E-state index contributed by atoms with van der Waals surface area (Å²) in [6, 6.07) is 10.1. The van der Waals surface area contributed by atoms with Crippen molar-refractivity contribution < 1.29 is 0 Å². The Kier molecular flexibility index (Phi) is 5.80. The first-order chi connectivity index (χ1) is 9.97. The molecule has 0 saturated carbocycles. The summed E-state index contributed by atoms with van der Waals surface area (Å²) < 4.78 is 0. The second-order valence-corrected chi connectivity index (χ2v) is 7.01. The summed E-state index contributed by atoms with van der Waals surface area (Å²) in [5, 5.41) is 3.54. The van der Waals surface area contributed by atoms with E-state index in [-0.39, 0.29) is 0 Å². The number of likely N-dealkylation sites (N-methyl/N-ethyl adjacent to an activating group) is 1. The average molecular weight is 289 g/mol. The van der Waals surface area contributed by atoms with Crippen LogP contribution in [0.25, 0.3) is 0 Å². The van der Waals surface area contributed by atoms with Crippen LogP contribution < -0.4 is 5.32 Å². The van der Waals surface area contributed by atoms with Gasteiger partial charge in [0.25, 0.3) is 0 Å². The van der Waals surface area contributed by atoms with Crippen molar-refractivity contribution in [1.29, 1.82) is 0 Å². The van der Waals surface area contributed by atoms with Crippen LogP contribution in [0.5, 0.6) is 0 Å². The zero-order chi connectivity index (χ0) is 15.4. The lowest BCUT2D eigenvalue weighted by molar-refractivity contribution is 0.250. The van der Waals surface area contributed by atoms with Crippen LogP contribution in [0.3, 0.4) is 0 Å². The normalized spacial score (nSPS) is 23.4.